The topological polar surface area (TPSA) is 66.2 Å². The molecule has 1 aromatic heterocycles. The first-order valence-corrected chi connectivity index (χ1v) is 4.53. The predicted molar refractivity (Wildman–Crippen MR) is 43.1 cm³/mol. The molecule has 0 amide bonds. The average Bonchev–Trinajstić information content (AvgIpc) is 2.26. The zero-order valence-corrected chi connectivity index (χ0v) is 6.90. The third-order valence-electron chi connectivity index (χ3n) is 1.26. The van der Waals surface area contributed by atoms with Crippen molar-refractivity contribution in [2.45, 2.75) is 6.42 Å². The smallest absolute Gasteiger partial charge is 0.419 e. The molecular formula is C6H9NO3S. The Bertz CT molecular complexity index is 278. The van der Waals surface area contributed by atoms with Crippen molar-refractivity contribution < 1.29 is 9.52 Å². The van der Waals surface area contributed by atoms with Gasteiger partial charge in [0.2, 0.25) is 0 Å². The van der Waals surface area contributed by atoms with Crippen LogP contribution in [0.4, 0.5) is 0 Å². The lowest BCUT2D eigenvalue weighted by molar-refractivity contribution is 0.316. The maximum Gasteiger partial charge on any atom is 0.419 e. The van der Waals surface area contributed by atoms with Gasteiger partial charge in [-0.15, -0.1) is 0 Å². The highest BCUT2D eigenvalue weighted by molar-refractivity contribution is 7.98. The molecule has 0 aliphatic heterocycles. The van der Waals surface area contributed by atoms with Crippen molar-refractivity contribution >= 4 is 11.8 Å². The van der Waals surface area contributed by atoms with Gasteiger partial charge in [-0.25, -0.2) is 4.79 Å². The van der Waals surface area contributed by atoms with Gasteiger partial charge in [0, 0.05) is 6.42 Å². The van der Waals surface area contributed by atoms with Crippen LogP contribution in [0.1, 0.15) is 5.69 Å². The van der Waals surface area contributed by atoms with Crippen LogP contribution >= 0.6 is 11.8 Å². The van der Waals surface area contributed by atoms with Gasteiger partial charge in [-0.2, -0.15) is 11.8 Å². The lowest BCUT2D eigenvalue weighted by Crippen LogP contribution is -1.97. The summed E-state index contributed by atoms with van der Waals surface area (Å²) in [4.78, 5) is 12.9. The van der Waals surface area contributed by atoms with Crippen LogP contribution in [-0.4, -0.2) is 22.1 Å². The minimum absolute atomic E-state index is 0.288. The van der Waals surface area contributed by atoms with Crippen molar-refractivity contribution in [3.05, 3.63) is 16.2 Å². The van der Waals surface area contributed by atoms with Gasteiger partial charge in [0.1, 0.15) is 5.69 Å². The van der Waals surface area contributed by atoms with E-state index in [4.69, 9.17) is 5.11 Å². The van der Waals surface area contributed by atoms with Crippen LogP contribution in [0, 0.1) is 0 Å². The lowest BCUT2D eigenvalue weighted by atomic mass is 10.4. The van der Waals surface area contributed by atoms with Crippen molar-refractivity contribution in [2.24, 2.45) is 0 Å². The fourth-order valence-corrected chi connectivity index (χ4v) is 1.13. The van der Waals surface area contributed by atoms with Crippen LogP contribution < -0.4 is 5.76 Å². The summed E-state index contributed by atoms with van der Waals surface area (Å²) in [6, 6.07) is 0. The van der Waals surface area contributed by atoms with Crippen LogP contribution in [0.5, 0.6) is 5.95 Å². The van der Waals surface area contributed by atoms with Crippen molar-refractivity contribution in [3.63, 3.8) is 0 Å². The van der Waals surface area contributed by atoms with E-state index in [2.05, 4.69) is 9.40 Å². The Balaban J connectivity index is 2.69. The first kappa shape index (κ1) is 8.26. The van der Waals surface area contributed by atoms with Gasteiger partial charge in [0.25, 0.3) is 0 Å². The largest absolute Gasteiger partial charge is 0.479 e. The fourth-order valence-electron chi connectivity index (χ4n) is 0.725. The Morgan fingerprint density at radius 2 is 2.45 bits per heavy atom. The van der Waals surface area contributed by atoms with Gasteiger partial charge in [-0.3, -0.25) is 4.98 Å². The number of nitrogens with one attached hydrogen (secondary N) is 1. The highest BCUT2D eigenvalue weighted by atomic mass is 32.2. The summed E-state index contributed by atoms with van der Waals surface area (Å²) in [5, 5.41) is 8.95. The number of hydrogen-bond donors (Lipinski definition) is 2. The molecule has 0 saturated carbocycles. The normalized spacial score (nSPS) is 10.3. The molecule has 0 radical (unpaired) electrons. The predicted octanol–water partition coefficient (Wildman–Crippen LogP) is 0.579. The number of aromatic hydroxyl groups is 1. The zero-order valence-electron chi connectivity index (χ0n) is 6.09. The van der Waals surface area contributed by atoms with E-state index in [1.54, 1.807) is 11.8 Å². The van der Waals surface area contributed by atoms with Crippen LogP contribution in [0.25, 0.3) is 0 Å². The second-order valence-corrected chi connectivity index (χ2v) is 3.03. The fraction of sp³-hybridized carbons (Fsp3) is 0.500. The van der Waals surface area contributed by atoms with Crippen LogP contribution in [0.3, 0.4) is 0 Å². The summed E-state index contributed by atoms with van der Waals surface area (Å²) in [5.41, 5.74) is 0.476. The van der Waals surface area contributed by atoms with Crippen molar-refractivity contribution in [1.82, 2.24) is 4.98 Å². The van der Waals surface area contributed by atoms with Crippen molar-refractivity contribution in [1.29, 1.82) is 0 Å². The number of thioether (sulfide) groups is 1. The first-order chi connectivity index (χ1) is 5.24. The third kappa shape index (κ3) is 2.04. The molecule has 0 aliphatic carbocycles. The average molecular weight is 175 g/mol. The highest BCUT2D eigenvalue weighted by Gasteiger charge is 2.06. The second kappa shape index (κ2) is 3.52. The van der Waals surface area contributed by atoms with Crippen LogP contribution in [0.2, 0.25) is 0 Å². The number of oxazole rings is 1. The molecule has 1 heterocycles. The van der Waals surface area contributed by atoms with Gasteiger partial charge in [0.15, 0.2) is 0 Å². The molecular weight excluding hydrogens is 166 g/mol. The maximum absolute atomic E-state index is 10.5. The molecule has 0 aliphatic rings. The van der Waals surface area contributed by atoms with Gasteiger partial charge in [-0.1, -0.05) is 0 Å². The van der Waals surface area contributed by atoms with E-state index < -0.39 is 5.76 Å². The number of aromatic amines is 1. The first-order valence-electron chi connectivity index (χ1n) is 3.14. The summed E-state index contributed by atoms with van der Waals surface area (Å²) in [5.74, 6) is -0.0362. The Morgan fingerprint density at radius 3 is 2.91 bits per heavy atom. The number of aryl methyl sites for hydroxylation is 1. The van der Waals surface area contributed by atoms with Crippen LogP contribution in [-0.2, 0) is 6.42 Å². The van der Waals surface area contributed by atoms with Crippen molar-refractivity contribution in [3.8, 4) is 5.95 Å². The second-order valence-electron chi connectivity index (χ2n) is 2.04. The van der Waals surface area contributed by atoms with E-state index in [-0.39, 0.29) is 5.95 Å². The molecule has 4 nitrogen and oxygen atoms in total. The minimum atomic E-state index is -0.599. The van der Waals surface area contributed by atoms with Gasteiger partial charge < -0.3 is 9.52 Å². The molecule has 0 atom stereocenters. The third-order valence-corrected chi connectivity index (χ3v) is 1.87. The Labute approximate surface area is 67.6 Å². The Kier molecular flexibility index (Phi) is 2.64. The lowest BCUT2D eigenvalue weighted by Gasteiger charge is -1.91. The zero-order chi connectivity index (χ0) is 8.27. The molecule has 0 aromatic carbocycles. The Morgan fingerprint density at radius 1 is 1.73 bits per heavy atom. The highest BCUT2D eigenvalue weighted by Crippen LogP contribution is 2.12. The standard InChI is InChI=1S/C6H9NO3S/c1-11-3-2-4-5(8)10-6(9)7-4/h8H,2-3H2,1H3,(H,7,9). The van der Waals surface area contributed by atoms with E-state index >= 15 is 0 Å². The van der Waals surface area contributed by atoms with Crippen LogP contribution in [0.15, 0.2) is 9.21 Å². The molecule has 62 valence electrons. The van der Waals surface area contributed by atoms with E-state index in [1.807, 2.05) is 6.26 Å². The summed E-state index contributed by atoms with van der Waals surface area (Å²) < 4.78 is 4.35. The number of rotatable bonds is 3. The number of aromatic nitrogens is 1. The summed E-state index contributed by atoms with van der Waals surface area (Å²) in [7, 11) is 0. The van der Waals surface area contributed by atoms with E-state index in [0.29, 0.717) is 12.1 Å². The van der Waals surface area contributed by atoms with Gasteiger partial charge >= 0.3 is 11.7 Å². The molecule has 5 heteroatoms. The minimum Gasteiger partial charge on any atom is -0.479 e. The number of hydrogen-bond acceptors (Lipinski definition) is 4. The summed E-state index contributed by atoms with van der Waals surface area (Å²) in [6.45, 7) is 0. The van der Waals surface area contributed by atoms with E-state index in [0.717, 1.165) is 5.75 Å². The van der Waals surface area contributed by atoms with Gasteiger partial charge in [-0.05, 0) is 12.0 Å². The van der Waals surface area contributed by atoms with E-state index in [1.165, 1.54) is 0 Å². The molecule has 2 N–H and O–H groups in total. The summed E-state index contributed by atoms with van der Waals surface area (Å²) in [6.07, 6.45) is 2.58. The Hall–Kier alpha value is -0.840. The molecule has 11 heavy (non-hydrogen) atoms. The molecule has 1 rings (SSSR count). The van der Waals surface area contributed by atoms with Crippen molar-refractivity contribution in [2.75, 3.05) is 12.0 Å². The SMILES string of the molecule is CSCCc1[nH]c(=O)oc1O. The molecule has 0 fully saturated rings. The molecule has 0 unspecified atom stereocenters. The van der Waals surface area contributed by atoms with E-state index in [9.17, 15) is 4.79 Å². The maximum atomic E-state index is 10.5. The van der Waals surface area contributed by atoms with Gasteiger partial charge in [0.05, 0.1) is 0 Å². The quantitative estimate of drug-likeness (QED) is 0.705. The monoisotopic (exact) mass is 175 g/mol. The molecule has 1 aromatic rings. The summed E-state index contributed by atoms with van der Waals surface area (Å²) >= 11 is 1.64. The number of H-pyrrole nitrogens is 1. The molecule has 0 bridgehead atoms. The molecule has 0 spiro atoms. The molecule has 0 saturated heterocycles.